The van der Waals surface area contributed by atoms with E-state index in [1.54, 1.807) is 0 Å². The van der Waals surface area contributed by atoms with E-state index in [9.17, 15) is 10.5 Å². The Morgan fingerprint density at radius 1 is 0.449 bits per heavy atom. The molecule has 0 bridgehead atoms. The molecule has 10 heteroatoms. The zero-order valence-electron chi connectivity index (χ0n) is 44.1. The molecule has 78 heavy (non-hydrogen) atoms. The SMILES string of the molecule is Cc1ccccc1-c1c2/c(=C(\C#N)c3nc4ccc5ccccc5c4n3C)n(B(c3ccccc3)c3ccccc3)c(C(C)C)c2/c(=C(\C#N)c2nc3ccc4ccccc4c3n2C)n1B(c1ccccc1)c1ccccc1. The Hall–Kier alpha value is -9.89. The molecular formula is C68H52B2N8. The van der Waals surface area contributed by atoms with Gasteiger partial charge in [-0.05, 0) is 41.3 Å². The van der Waals surface area contributed by atoms with E-state index >= 15 is 0 Å². The zero-order chi connectivity index (χ0) is 53.2. The van der Waals surface area contributed by atoms with Gasteiger partial charge < -0.3 is 18.1 Å². The summed E-state index contributed by atoms with van der Waals surface area (Å²) in [5.41, 5.74) is 12.3. The lowest BCUT2D eigenvalue weighted by atomic mass is 9.50. The zero-order valence-corrected chi connectivity index (χ0v) is 44.1. The quantitative estimate of drug-likeness (QED) is 0.128. The third-order valence-electron chi connectivity index (χ3n) is 15.8. The highest BCUT2D eigenvalue weighted by molar-refractivity contribution is 6.85. The molecule has 0 amide bonds. The Kier molecular flexibility index (Phi) is 11.9. The number of nitriles is 2. The van der Waals surface area contributed by atoms with Crippen molar-refractivity contribution in [3.63, 3.8) is 0 Å². The number of imidazole rings is 2. The highest BCUT2D eigenvalue weighted by atomic mass is 15.1. The van der Waals surface area contributed by atoms with Crippen LogP contribution in [0.2, 0.25) is 0 Å². The van der Waals surface area contributed by atoms with Crippen LogP contribution in [0.25, 0.3) is 76.8 Å². The van der Waals surface area contributed by atoms with Crippen molar-refractivity contribution in [3.05, 3.63) is 252 Å². The van der Waals surface area contributed by atoms with Crippen LogP contribution >= 0.6 is 0 Å². The van der Waals surface area contributed by atoms with Gasteiger partial charge in [0.1, 0.15) is 23.3 Å². The average Bonchev–Trinajstić information content (AvgIpc) is 4.37. The second-order valence-corrected chi connectivity index (χ2v) is 20.6. The molecule has 0 aliphatic rings. The predicted molar refractivity (Wildman–Crippen MR) is 323 cm³/mol. The number of aryl methyl sites for hydroxylation is 3. The minimum atomic E-state index is -0.476. The van der Waals surface area contributed by atoms with E-state index in [0.717, 1.165) is 98.8 Å². The normalized spacial score (nSPS) is 12.4. The van der Waals surface area contributed by atoms with Gasteiger partial charge in [0, 0.05) is 52.6 Å². The second-order valence-electron chi connectivity index (χ2n) is 20.6. The van der Waals surface area contributed by atoms with Crippen LogP contribution in [0.3, 0.4) is 0 Å². The minimum absolute atomic E-state index is 0.170. The third kappa shape index (κ3) is 7.52. The van der Waals surface area contributed by atoms with Gasteiger partial charge in [-0.2, -0.15) is 10.5 Å². The van der Waals surface area contributed by atoms with Gasteiger partial charge in [-0.25, -0.2) is 9.97 Å². The van der Waals surface area contributed by atoms with Gasteiger partial charge in [0.05, 0.1) is 32.8 Å². The van der Waals surface area contributed by atoms with E-state index in [4.69, 9.17) is 9.97 Å². The molecule has 0 fully saturated rings. The molecule has 0 aliphatic heterocycles. The van der Waals surface area contributed by atoms with Crippen molar-refractivity contribution < 1.29 is 0 Å². The Labute approximate surface area is 453 Å². The summed E-state index contributed by atoms with van der Waals surface area (Å²) in [6, 6.07) is 81.8. The van der Waals surface area contributed by atoms with Crippen LogP contribution in [0.15, 0.2) is 218 Å². The molecule has 0 radical (unpaired) electrons. The van der Waals surface area contributed by atoms with Crippen LogP contribution in [0, 0.1) is 29.6 Å². The molecule has 0 saturated carbocycles. The molecule has 0 aliphatic carbocycles. The summed E-state index contributed by atoms with van der Waals surface area (Å²) < 4.78 is 9.06. The fraction of sp³-hybridized carbons (Fsp3) is 0.0882. The van der Waals surface area contributed by atoms with Crippen molar-refractivity contribution in [2.24, 2.45) is 14.1 Å². The van der Waals surface area contributed by atoms with Crippen LogP contribution in [0.4, 0.5) is 0 Å². The summed E-state index contributed by atoms with van der Waals surface area (Å²) in [5.74, 6) is 0.911. The van der Waals surface area contributed by atoms with E-state index < -0.39 is 13.7 Å². The maximum absolute atomic E-state index is 12.4. The van der Waals surface area contributed by atoms with E-state index in [-0.39, 0.29) is 5.92 Å². The molecule has 0 saturated heterocycles. The van der Waals surface area contributed by atoms with Crippen LogP contribution in [0.1, 0.15) is 42.7 Å². The Bertz CT molecular complexity index is 4490. The molecule has 0 spiro atoms. The molecule has 13 rings (SSSR count). The molecule has 9 aromatic carbocycles. The number of aromatic nitrogens is 6. The van der Waals surface area contributed by atoms with E-state index in [0.29, 0.717) is 33.5 Å². The molecule has 8 nitrogen and oxygen atoms in total. The van der Waals surface area contributed by atoms with E-state index in [2.05, 4.69) is 269 Å². The van der Waals surface area contributed by atoms with Crippen LogP contribution < -0.4 is 32.5 Å². The van der Waals surface area contributed by atoms with Gasteiger partial charge in [0.25, 0.3) is 0 Å². The Morgan fingerprint density at radius 2 is 0.833 bits per heavy atom. The summed E-state index contributed by atoms with van der Waals surface area (Å²) in [6.07, 6.45) is 0. The maximum Gasteiger partial charge on any atom is 0.328 e. The first-order valence-corrected chi connectivity index (χ1v) is 26.6. The molecular weight excluding hydrogens is 950 g/mol. The highest BCUT2D eigenvalue weighted by Gasteiger charge is 2.38. The van der Waals surface area contributed by atoms with Crippen molar-refractivity contribution in [1.82, 2.24) is 28.1 Å². The summed E-state index contributed by atoms with van der Waals surface area (Å²) >= 11 is 0. The lowest BCUT2D eigenvalue weighted by Crippen LogP contribution is -2.55. The maximum atomic E-state index is 12.4. The van der Waals surface area contributed by atoms with E-state index in [1.165, 1.54) is 0 Å². The first kappa shape index (κ1) is 47.8. The Morgan fingerprint density at radius 3 is 1.26 bits per heavy atom. The minimum Gasteiger partial charge on any atom is -0.378 e. The first-order chi connectivity index (χ1) is 38.3. The molecule has 0 unspecified atom stereocenters. The summed E-state index contributed by atoms with van der Waals surface area (Å²) in [4.78, 5) is 10.9. The van der Waals surface area contributed by atoms with Crippen molar-refractivity contribution in [1.29, 1.82) is 10.5 Å². The Balaban J connectivity index is 1.37. The van der Waals surface area contributed by atoms with Gasteiger partial charge in [0.15, 0.2) is 11.6 Å². The number of rotatable bonds is 10. The largest absolute Gasteiger partial charge is 0.378 e. The van der Waals surface area contributed by atoms with Crippen molar-refractivity contribution in [3.8, 4) is 23.4 Å². The fourth-order valence-corrected chi connectivity index (χ4v) is 12.5. The number of hydrogen-bond donors (Lipinski definition) is 0. The third-order valence-corrected chi connectivity index (χ3v) is 15.8. The smallest absolute Gasteiger partial charge is 0.328 e. The van der Waals surface area contributed by atoms with Gasteiger partial charge in [0.2, 0.25) is 0 Å². The molecule has 0 atom stereocenters. The first-order valence-electron chi connectivity index (χ1n) is 26.6. The summed E-state index contributed by atoms with van der Waals surface area (Å²) in [7, 11) is 4.07. The molecule has 4 heterocycles. The molecule has 4 aromatic heterocycles. The predicted octanol–water partition coefficient (Wildman–Crippen LogP) is 10.4. The van der Waals surface area contributed by atoms with Crippen molar-refractivity contribution >= 4 is 101 Å². The number of nitrogens with zero attached hydrogens (tertiary/aromatic N) is 8. The summed E-state index contributed by atoms with van der Waals surface area (Å²) in [6.45, 7) is 5.72. The van der Waals surface area contributed by atoms with Gasteiger partial charge in [-0.1, -0.05) is 242 Å². The number of benzene rings is 9. The molecule has 370 valence electrons. The van der Waals surface area contributed by atoms with Crippen LogP contribution in [-0.2, 0) is 14.1 Å². The standard InChI is InChI=1S/C68H52B2N8/c1-44(2)61-59-60(66(77(61)69(48-27-10-6-11-28-48)49-29-12-7-13-30-49)56(43-72)68-74-58-41-39-47-26-20-23-37-54(47)63(58)76(68)5)64(52-35-21-18-24-45(52)3)78(70(50-31-14-8-15-32-50)51-33-16-9-17-34-51)65(59)55(42-71)67-73-57-40-38-46-25-19-22-36-53(46)62(57)75(67)4/h6-41,44H,1-5H3/b65-55-,66-56-. The highest BCUT2D eigenvalue weighted by Crippen LogP contribution is 2.37. The second kappa shape index (κ2) is 19.4. The van der Waals surface area contributed by atoms with Gasteiger partial charge in [-0.3, -0.25) is 0 Å². The summed E-state index contributed by atoms with van der Waals surface area (Å²) in [5, 5.41) is 32.2. The molecule has 0 N–H and O–H groups in total. The fourth-order valence-electron chi connectivity index (χ4n) is 12.5. The van der Waals surface area contributed by atoms with Gasteiger partial charge >= 0.3 is 13.7 Å². The lowest BCUT2D eigenvalue weighted by molar-refractivity contribution is 0.809. The topological polar surface area (TPSA) is 93.1 Å². The average molecular weight is 1000 g/mol. The van der Waals surface area contributed by atoms with Crippen LogP contribution in [-0.4, -0.2) is 41.8 Å². The van der Waals surface area contributed by atoms with Crippen LogP contribution in [0.5, 0.6) is 0 Å². The van der Waals surface area contributed by atoms with Crippen molar-refractivity contribution in [2.75, 3.05) is 0 Å². The van der Waals surface area contributed by atoms with Crippen molar-refractivity contribution in [2.45, 2.75) is 26.7 Å². The molecule has 13 aromatic rings. The van der Waals surface area contributed by atoms with Gasteiger partial charge in [-0.15, -0.1) is 0 Å². The van der Waals surface area contributed by atoms with E-state index in [1.807, 2.05) is 14.1 Å². The number of hydrogen-bond acceptors (Lipinski definition) is 4. The monoisotopic (exact) mass is 1000 g/mol. The number of fused-ring (bicyclic) bond motifs is 7. The lowest BCUT2D eigenvalue weighted by Gasteiger charge is -2.25.